The molecule has 1 heterocycles. The molecule has 1 aromatic heterocycles. The number of hydrogen-bond acceptors (Lipinski definition) is 6. The first-order chi connectivity index (χ1) is 16.0. The molecule has 0 aliphatic carbocycles. The van der Waals surface area contributed by atoms with Gasteiger partial charge in [-0.05, 0) is 54.7 Å². The smallest absolute Gasteiger partial charge is 0.207 e. The lowest BCUT2D eigenvalue weighted by Gasteiger charge is -2.09. The van der Waals surface area contributed by atoms with Gasteiger partial charge in [0.2, 0.25) is 6.41 Å². The van der Waals surface area contributed by atoms with Crippen LogP contribution in [0.5, 0.6) is 0 Å². The Morgan fingerprint density at radius 2 is 2.03 bits per heavy atom. The van der Waals surface area contributed by atoms with Gasteiger partial charge in [-0.15, -0.1) is 11.3 Å². The maximum Gasteiger partial charge on any atom is 0.207 e. The zero-order valence-corrected chi connectivity index (χ0v) is 19.2. The zero-order valence-electron chi connectivity index (χ0n) is 18.3. The molecule has 1 atom stereocenters. The molecule has 0 radical (unpaired) electrons. The SMILES string of the molecule is CN=Cc1ccc(-c2sc(CC(N)CCCNC=O)cc2-c2ccc(C#N)c(F)c2)cc1N. The number of benzene rings is 2. The van der Waals surface area contributed by atoms with Crippen LogP contribution in [0.3, 0.4) is 0 Å². The number of nitrogens with two attached hydrogens (primary N) is 2. The first-order valence-corrected chi connectivity index (χ1v) is 11.4. The molecule has 8 heteroatoms. The normalized spacial score (nSPS) is 11.9. The van der Waals surface area contributed by atoms with Crippen molar-refractivity contribution in [3.8, 4) is 27.6 Å². The highest BCUT2D eigenvalue weighted by Gasteiger charge is 2.17. The number of anilines is 1. The fourth-order valence-corrected chi connectivity index (χ4v) is 4.87. The Morgan fingerprint density at radius 1 is 1.24 bits per heavy atom. The van der Waals surface area contributed by atoms with Crippen molar-refractivity contribution < 1.29 is 9.18 Å². The zero-order chi connectivity index (χ0) is 23.8. The molecule has 170 valence electrons. The average Bonchev–Trinajstić information content (AvgIpc) is 3.22. The van der Waals surface area contributed by atoms with E-state index in [1.807, 2.05) is 30.3 Å². The van der Waals surface area contributed by atoms with Crippen LogP contribution < -0.4 is 16.8 Å². The van der Waals surface area contributed by atoms with Crippen LogP contribution in [-0.2, 0) is 11.2 Å². The summed E-state index contributed by atoms with van der Waals surface area (Å²) in [5, 5.41) is 11.7. The van der Waals surface area contributed by atoms with E-state index < -0.39 is 5.82 Å². The topological polar surface area (TPSA) is 117 Å². The average molecular weight is 464 g/mol. The number of carbonyl (C=O) groups is 1. The first-order valence-electron chi connectivity index (χ1n) is 10.5. The largest absolute Gasteiger partial charge is 0.398 e. The molecular formula is C25H26FN5OS. The van der Waals surface area contributed by atoms with E-state index in [-0.39, 0.29) is 11.6 Å². The third-order valence-electron chi connectivity index (χ3n) is 5.24. The number of nitrogens with zero attached hydrogens (tertiary/aromatic N) is 2. The summed E-state index contributed by atoms with van der Waals surface area (Å²) in [4.78, 5) is 16.4. The number of amides is 1. The Bertz CT molecular complexity index is 1200. The van der Waals surface area contributed by atoms with E-state index in [0.717, 1.165) is 39.3 Å². The van der Waals surface area contributed by atoms with E-state index >= 15 is 0 Å². The number of carbonyl (C=O) groups excluding carboxylic acids is 1. The van der Waals surface area contributed by atoms with Gasteiger partial charge in [0.05, 0.1) is 5.56 Å². The standard InChI is InChI=1S/C25H26FN5OS/c1-30-14-19-7-5-17(10-24(19)29)25-22(16-4-6-18(13-27)23(26)9-16)12-21(33-25)11-20(28)3-2-8-31-15-32/h4-7,9-10,12,14-15,20H,2-3,8,11,28-29H2,1H3,(H,31,32). The molecule has 33 heavy (non-hydrogen) atoms. The summed E-state index contributed by atoms with van der Waals surface area (Å²) in [5.41, 5.74) is 16.5. The fraction of sp³-hybridized carbons (Fsp3) is 0.240. The molecule has 5 N–H and O–H groups in total. The van der Waals surface area contributed by atoms with Crippen molar-refractivity contribution in [2.75, 3.05) is 19.3 Å². The van der Waals surface area contributed by atoms with E-state index in [2.05, 4.69) is 10.3 Å². The van der Waals surface area contributed by atoms with Gasteiger partial charge in [0.15, 0.2) is 0 Å². The third-order valence-corrected chi connectivity index (χ3v) is 6.45. The quantitative estimate of drug-likeness (QED) is 0.181. The molecular weight excluding hydrogens is 437 g/mol. The van der Waals surface area contributed by atoms with Gasteiger partial charge in [0.1, 0.15) is 11.9 Å². The summed E-state index contributed by atoms with van der Waals surface area (Å²) < 4.78 is 14.4. The van der Waals surface area contributed by atoms with Gasteiger partial charge in [-0.3, -0.25) is 9.79 Å². The minimum Gasteiger partial charge on any atom is -0.398 e. The van der Waals surface area contributed by atoms with Crippen LogP contribution >= 0.6 is 11.3 Å². The molecule has 0 saturated heterocycles. The number of thiophene rings is 1. The molecule has 6 nitrogen and oxygen atoms in total. The lowest BCUT2D eigenvalue weighted by molar-refractivity contribution is -0.109. The Labute approximate surface area is 196 Å². The minimum atomic E-state index is -0.554. The van der Waals surface area contributed by atoms with Crippen LogP contribution in [0.1, 0.15) is 28.8 Å². The molecule has 0 aliphatic heterocycles. The van der Waals surface area contributed by atoms with Gasteiger partial charge in [-0.1, -0.05) is 18.2 Å². The molecule has 3 rings (SSSR count). The Morgan fingerprint density at radius 3 is 2.70 bits per heavy atom. The predicted octanol–water partition coefficient (Wildman–Crippen LogP) is 4.12. The van der Waals surface area contributed by atoms with Gasteiger partial charge in [-0.25, -0.2) is 4.39 Å². The summed E-state index contributed by atoms with van der Waals surface area (Å²) in [6.45, 7) is 0.593. The van der Waals surface area contributed by atoms with E-state index in [1.54, 1.807) is 30.7 Å². The summed E-state index contributed by atoms with van der Waals surface area (Å²) in [5.74, 6) is -0.554. The van der Waals surface area contributed by atoms with Crippen LogP contribution in [0, 0.1) is 17.1 Å². The lowest BCUT2D eigenvalue weighted by Crippen LogP contribution is -2.24. The Kier molecular flexibility index (Phi) is 8.30. The van der Waals surface area contributed by atoms with Gasteiger partial charge in [0.25, 0.3) is 0 Å². The molecule has 1 unspecified atom stereocenters. The molecule has 0 saturated carbocycles. The maximum atomic E-state index is 14.4. The summed E-state index contributed by atoms with van der Waals surface area (Å²) in [6.07, 6.45) is 4.61. The van der Waals surface area contributed by atoms with Crippen LogP contribution in [0.2, 0.25) is 0 Å². The van der Waals surface area contributed by atoms with E-state index in [4.69, 9.17) is 16.7 Å². The van der Waals surface area contributed by atoms with Gasteiger partial charge in [-0.2, -0.15) is 5.26 Å². The van der Waals surface area contributed by atoms with Crippen molar-refractivity contribution in [1.82, 2.24) is 5.32 Å². The number of nitrogens with one attached hydrogen (secondary N) is 1. The van der Waals surface area contributed by atoms with E-state index in [0.29, 0.717) is 30.6 Å². The molecule has 2 aromatic carbocycles. The van der Waals surface area contributed by atoms with Crippen molar-refractivity contribution in [3.63, 3.8) is 0 Å². The minimum absolute atomic E-state index is 0.00848. The second kappa shape index (κ2) is 11.4. The third kappa shape index (κ3) is 6.04. The number of halogens is 1. The van der Waals surface area contributed by atoms with Crippen LogP contribution in [0.25, 0.3) is 21.6 Å². The second-order valence-electron chi connectivity index (χ2n) is 7.67. The second-order valence-corrected chi connectivity index (χ2v) is 8.81. The maximum absolute atomic E-state index is 14.4. The van der Waals surface area contributed by atoms with E-state index in [1.165, 1.54) is 12.1 Å². The first kappa shape index (κ1) is 24.1. The van der Waals surface area contributed by atoms with Crippen LogP contribution in [0.4, 0.5) is 10.1 Å². The molecule has 0 spiro atoms. The van der Waals surface area contributed by atoms with E-state index in [9.17, 15) is 9.18 Å². The van der Waals surface area contributed by atoms with Crippen molar-refractivity contribution in [1.29, 1.82) is 5.26 Å². The molecule has 1 amide bonds. The highest BCUT2D eigenvalue weighted by atomic mass is 32.1. The van der Waals surface area contributed by atoms with Crippen LogP contribution in [-0.4, -0.2) is 32.3 Å². The van der Waals surface area contributed by atoms with Gasteiger partial charge >= 0.3 is 0 Å². The number of nitriles is 1. The predicted molar refractivity (Wildman–Crippen MR) is 133 cm³/mol. The van der Waals surface area contributed by atoms with Crippen molar-refractivity contribution in [2.24, 2.45) is 10.7 Å². The number of nitrogen functional groups attached to an aromatic ring is 1. The summed E-state index contributed by atoms with van der Waals surface area (Å²) in [7, 11) is 1.69. The fourth-order valence-electron chi connectivity index (χ4n) is 3.60. The number of aliphatic imine (C=N–C) groups is 1. The molecule has 0 fully saturated rings. The van der Waals surface area contributed by atoms with Crippen molar-refractivity contribution in [3.05, 3.63) is 64.3 Å². The summed E-state index contributed by atoms with van der Waals surface area (Å²) >= 11 is 1.59. The van der Waals surface area contributed by atoms with Gasteiger partial charge < -0.3 is 16.8 Å². The highest BCUT2D eigenvalue weighted by molar-refractivity contribution is 7.16. The monoisotopic (exact) mass is 463 g/mol. The Hall–Kier alpha value is -3.54. The van der Waals surface area contributed by atoms with Crippen molar-refractivity contribution in [2.45, 2.75) is 25.3 Å². The van der Waals surface area contributed by atoms with Crippen molar-refractivity contribution >= 4 is 29.6 Å². The molecule has 0 bridgehead atoms. The summed E-state index contributed by atoms with van der Waals surface area (Å²) in [6, 6.07) is 14.2. The Balaban J connectivity index is 1.98. The van der Waals surface area contributed by atoms with Gasteiger partial charge in [0, 0.05) is 52.4 Å². The number of hydrogen-bond donors (Lipinski definition) is 3. The molecule has 0 aliphatic rings. The molecule has 3 aromatic rings. The number of rotatable bonds is 10. The van der Waals surface area contributed by atoms with Crippen LogP contribution in [0.15, 0.2) is 47.5 Å². The highest BCUT2D eigenvalue weighted by Crippen LogP contribution is 2.41. The lowest BCUT2D eigenvalue weighted by atomic mass is 9.99.